The van der Waals surface area contributed by atoms with Crippen LogP contribution in [0.1, 0.15) is 27.2 Å². The maximum atomic E-state index is 11.2. The summed E-state index contributed by atoms with van der Waals surface area (Å²) in [6.45, 7) is 6.54. The Bertz CT molecular complexity index is 239. The van der Waals surface area contributed by atoms with E-state index >= 15 is 0 Å². The van der Waals surface area contributed by atoms with Gasteiger partial charge in [0.25, 0.3) is 10.2 Å². The lowest BCUT2D eigenvalue weighted by Crippen LogP contribution is -2.45. The molecule has 0 rings (SSSR count). The fourth-order valence-corrected chi connectivity index (χ4v) is 1.72. The summed E-state index contributed by atoms with van der Waals surface area (Å²) in [6.07, 6.45) is 0.775. The summed E-state index contributed by atoms with van der Waals surface area (Å²) < 4.78 is 27.3. The zero-order valence-corrected chi connectivity index (χ0v) is 9.89. The molecule has 0 bridgehead atoms. The molecule has 0 aromatic carbocycles. The fourth-order valence-electron chi connectivity index (χ4n) is 0.729. The average Bonchev–Trinajstić information content (AvgIpc) is 2.11. The Balaban J connectivity index is 3.87. The van der Waals surface area contributed by atoms with Crippen molar-refractivity contribution in [3.05, 3.63) is 0 Å². The molecule has 5 nitrogen and oxygen atoms in total. The molecule has 0 aliphatic rings. The predicted octanol–water partition coefficient (Wildman–Crippen LogP) is -0.196. The molecule has 0 aliphatic heterocycles. The summed E-state index contributed by atoms with van der Waals surface area (Å²) >= 11 is 0. The van der Waals surface area contributed by atoms with Crippen LogP contribution in [0.5, 0.6) is 0 Å². The van der Waals surface area contributed by atoms with Crippen molar-refractivity contribution in [2.24, 2.45) is 11.7 Å². The number of rotatable bonds is 7. The highest BCUT2D eigenvalue weighted by Crippen LogP contribution is 1.96. The molecular weight excluding hydrogens is 202 g/mol. The second-order valence-electron chi connectivity index (χ2n) is 3.65. The van der Waals surface area contributed by atoms with Crippen LogP contribution in [0.15, 0.2) is 0 Å². The quantitative estimate of drug-likeness (QED) is 0.559. The molecule has 0 aromatic rings. The third kappa shape index (κ3) is 6.31. The van der Waals surface area contributed by atoms with E-state index < -0.39 is 10.2 Å². The Labute approximate surface area is 86.6 Å². The summed E-state index contributed by atoms with van der Waals surface area (Å²) in [5, 5.41) is 0. The van der Waals surface area contributed by atoms with Crippen LogP contribution in [0.3, 0.4) is 0 Å². The molecule has 6 heteroatoms. The summed E-state index contributed by atoms with van der Waals surface area (Å²) in [4.78, 5) is 0. The van der Waals surface area contributed by atoms with Crippen LogP contribution in [0.2, 0.25) is 0 Å². The van der Waals surface area contributed by atoms with E-state index in [0.717, 1.165) is 6.42 Å². The van der Waals surface area contributed by atoms with E-state index in [-0.39, 0.29) is 18.5 Å². The van der Waals surface area contributed by atoms with Crippen molar-refractivity contribution < 1.29 is 8.42 Å². The Morgan fingerprint density at radius 2 is 1.86 bits per heavy atom. The molecule has 0 heterocycles. The average molecular weight is 223 g/mol. The first-order valence-corrected chi connectivity index (χ1v) is 6.37. The van der Waals surface area contributed by atoms with Gasteiger partial charge in [-0.2, -0.15) is 8.42 Å². The number of nitrogens with two attached hydrogens (primary N) is 1. The molecule has 14 heavy (non-hydrogen) atoms. The summed E-state index contributed by atoms with van der Waals surface area (Å²) in [5.74, 6) is 0.267. The molecule has 0 aromatic heterocycles. The molecule has 0 saturated carbocycles. The molecule has 0 fully saturated rings. The minimum Gasteiger partial charge on any atom is -0.326 e. The van der Waals surface area contributed by atoms with Crippen LogP contribution >= 0.6 is 0 Å². The van der Waals surface area contributed by atoms with Gasteiger partial charge in [-0.1, -0.05) is 20.8 Å². The lowest BCUT2D eigenvalue weighted by Gasteiger charge is -2.16. The van der Waals surface area contributed by atoms with Crippen molar-refractivity contribution in [1.29, 1.82) is 0 Å². The Kier molecular flexibility index (Phi) is 6.26. The van der Waals surface area contributed by atoms with Crippen LogP contribution in [-0.2, 0) is 10.2 Å². The van der Waals surface area contributed by atoms with E-state index in [4.69, 9.17) is 5.73 Å². The van der Waals surface area contributed by atoms with Crippen LogP contribution in [-0.4, -0.2) is 27.5 Å². The third-order valence-electron chi connectivity index (χ3n) is 1.91. The van der Waals surface area contributed by atoms with Crippen LogP contribution in [0.4, 0.5) is 0 Å². The molecule has 1 unspecified atom stereocenters. The summed E-state index contributed by atoms with van der Waals surface area (Å²) in [5.41, 5.74) is 5.70. The number of hydrogen-bond donors (Lipinski definition) is 3. The van der Waals surface area contributed by atoms with Gasteiger partial charge in [0.1, 0.15) is 0 Å². The minimum atomic E-state index is -3.35. The SMILES string of the molecule is CCCNS(=O)(=O)NCC(N)C(C)C. The Morgan fingerprint density at radius 3 is 2.29 bits per heavy atom. The van der Waals surface area contributed by atoms with Gasteiger partial charge in [0.15, 0.2) is 0 Å². The van der Waals surface area contributed by atoms with Gasteiger partial charge < -0.3 is 5.73 Å². The van der Waals surface area contributed by atoms with Crippen molar-refractivity contribution in [2.45, 2.75) is 33.2 Å². The second kappa shape index (κ2) is 6.34. The molecule has 1 atom stereocenters. The highest BCUT2D eigenvalue weighted by molar-refractivity contribution is 7.87. The molecule has 86 valence electrons. The normalized spacial score (nSPS) is 14.6. The topological polar surface area (TPSA) is 84.2 Å². The van der Waals surface area contributed by atoms with Crippen molar-refractivity contribution in [2.75, 3.05) is 13.1 Å². The lowest BCUT2D eigenvalue weighted by atomic mass is 10.1. The summed E-state index contributed by atoms with van der Waals surface area (Å²) in [7, 11) is -3.35. The van der Waals surface area contributed by atoms with E-state index in [1.165, 1.54) is 0 Å². The van der Waals surface area contributed by atoms with Gasteiger partial charge in [-0.3, -0.25) is 0 Å². The first-order chi connectivity index (χ1) is 6.39. The van der Waals surface area contributed by atoms with Crippen molar-refractivity contribution in [1.82, 2.24) is 9.44 Å². The van der Waals surface area contributed by atoms with Crippen molar-refractivity contribution >= 4 is 10.2 Å². The van der Waals surface area contributed by atoms with Crippen molar-refractivity contribution in [3.8, 4) is 0 Å². The predicted molar refractivity (Wildman–Crippen MR) is 58.0 cm³/mol. The Morgan fingerprint density at radius 1 is 1.29 bits per heavy atom. The van der Waals surface area contributed by atoms with E-state index in [1.54, 1.807) is 0 Å². The highest BCUT2D eigenvalue weighted by Gasteiger charge is 2.12. The summed E-state index contributed by atoms with van der Waals surface area (Å²) in [6, 6.07) is -0.145. The fraction of sp³-hybridized carbons (Fsp3) is 1.00. The smallest absolute Gasteiger partial charge is 0.276 e. The van der Waals surface area contributed by atoms with Gasteiger partial charge >= 0.3 is 0 Å². The first-order valence-electron chi connectivity index (χ1n) is 4.89. The first kappa shape index (κ1) is 13.8. The van der Waals surface area contributed by atoms with Crippen molar-refractivity contribution in [3.63, 3.8) is 0 Å². The van der Waals surface area contributed by atoms with Crippen LogP contribution in [0.25, 0.3) is 0 Å². The van der Waals surface area contributed by atoms with Gasteiger partial charge in [0, 0.05) is 19.1 Å². The van der Waals surface area contributed by atoms with Gasteiger partial charge in [-0.25, -0.2) is 9.44 Å². The molecule has 4 N–H and O–H groups in total. The Hall–Kier alpha value is -0.170. The largest absolute Gasteiger partial charge is 0.326 e. The molecular formula is C8H21N3O2S. The lowest BCUT2D eigenvalue weighted by molar-refractivity contribution is 0.479. The van der Waals surface area contributed by atoms with Gasteiger partial charge in [-0.05, 0) is 12.3 Å². The van der Waals surface area contributed by atoms with Gasteiger partial charge in [0.05, 0.1) is 0 Å². The molecule has 0 aliphatic carbocycles. The maximum Gasteiger partial charge on any atom is 0.276 e. The minimum absolute atomic E-state index is 0.145. The molecule has 0 spiro atoms. The monoisotopic (exact) mass is 223 g/mol. The van der Waals surface area contributed by atoms with Gasteiger partial charge in [-0.15, -0.1) is 0 Å². The van der Waals surface area contributed by atoms with E-state index in [2.05, 4.69) is 9.44 Å². The maximum absolute atomic E-state index is 11.2. The zero-order valence-electron chi connectivity index (χ0n) is 9.08. The molecule has 0 saturated heterocycles. The molecule has 0 amide bonds. The number of nitrogens with one attached hydrogen (secondary N) is 2. The second-order valence-corrected chi connectivity index (χ2v) is 5.24. The van der Waals surface area contributed by atoms with Gasteiger partial charge in [0.2, 0.25) is 0 Å². The van der Waals surface area contributed by atoms with E-state index in [1.807, 2.05) is 20.8 Å². The van der Waals surface area contributed by atoms with Crippen LogP contribution in [0, 0.1) is 5.92 Å². The van der Waals surface area contributed by atoms with E-state index in [9.17, 15) is 8.42 Å². The molecule has 0 radical (unpaired) electrons. The number of hydrogen-bond acceptors (Lipinski definition) is 3. The standard InChI is InChI=1S/C8H21N3O2S/c1-4-5-10-14(12,13)11-6-8(9)7(2)3/h7-8,10-11H,4-6,9H2,1-3H3. The van der Waals surface area contributed by atoms with E-state index in [0.29, 0.717) is 6.54 Å². The third-order valence-corrected chi connectivity index (χ3v) is 3.04. The van der Waals surface area contributed by atoms with Crippen LogP contribution < -0.4 is 15.2 Å². The zero-order chi connectivity index (χ0) is 11.2. The highest BCUT2D eigenvalue weighted by atomic mass is 32.2.